The highest BCUT2D eigenvalue weighted by atomic mass is 35.5. The summed E-state index contributed by atoms with van der Waals surface area (Å²) in [6.45, 7) is 0.580. The molecule has 1 aromatic rings. The first-order valence-electron chi connectivity index (χ1n) is 6.41. The summed E-state index contributed by atoms with van der Waals surface area (Å²) < 4.78 is 25.4. The highest BCUT2D eigenvalue weighted by molar-refractivity contribution is 7.89. The van der Waals surface area contributed by atoms with Crippen molar-refractivity contribution in [1.82, 2.24) is 9.62 Å². The van der Waals surface area contributed by atoms with E-state index in [0.29, 0.717) is 18.5 Å². The molecule has 0 bridgehead atoms. The van der Waals surface area contributed by atoms with Gasteiger partial charge in [0.05, 0.1) is 10.8 Å². The molecule has 0 aromatic heterocycles. The van der Waals surface area contributed by atoms with Crippen molar-refractivity contribution < 1.29 is 23.1 Å². The molecule has 1 unspecified atom stereocenters. The molecule has 0 radical (unpaired) electrons. The van der Waals surface area contributed by atoms with Gasteiger partial charge in [-0.3, -0.25) is 9.59 Å². The van der Waals surface area contributed by atoms with Crippen LogP contribution < -0.4 is 4.72 Å². The lowest BCUT2D eigenvalue weighted by Crippen LogP contribution is -2.30. The van der Waals surface area contributed by atoms with Gasteiger partial charge in [0.1, 0.15) is 0 Å². The van der Waals surface area contributed by atoms with Crippen LogP contribution in [-0.2, 0) is 14.8 Å². The summed E-state index contributed by atoms with van der Waals surface area (Å²) in [7, 11) is -2.22. The Balaban J connectivity index is 0.00000242. The van der Waals surface area contributed by atoms with Crippen molar-refractivity contribution in [3.05, 3.63) is 29.8 Å². The molecule has 1 heterocycles. The predicted molar refractivity (Wildman–Crippen MR) is 81.6 cm³/mol. The van der Waals surface area contributed by atoms with E-state index in [2.05, 4.69) is 4.72 Å². The van der Waals surface area contributed by atoms with Crippen LogP contribution in [-0.4, -0.2) is 50.4 Å². The lowest BCUT2D eigenvalue weighted by atomic mass is 10.1. The summed E-state index contributed by atoms with van der Waals surface area (Å²) in [4.78, 5) is 24.6. The molecule has 0 aliphatic carbocycles. The third-order valence-electron chi connectivity index (χ3n) is 3.51. The first kappa shape index (κ1) is 18.4. The lowest BCUT2D eigenvalue weighted by molar-refractivity contribution is -0.141. The van der Waals surface area contributed by atoms with Gasteiger partial charge in [0.15, 0.2) is 0 Å². The number of amides is 1. The van der Waals surface area contributed by atoms with Crippen molar-refractivity contribution in [3.8, 4) is 0 Å². The fraction of sp³-hybridized carbons (Fsp3) is 0.385. The number of carboxylic acids is 1. The van der Waals surface area contributed by atoms with Crippen LogP contribution in [0.15, 0.2) is 29.2 Å². The number of nitrogens with zero attached hydrogens (tertiary/aromatic N) is 1. The van der Waals surface area contributed by atoms with Gasteiger partial charge in [-0.2, -0.15) is 0 Å². The van der Waals surface area contributed by atoms with E-state index in [9.17, 15) is 18.0 Å². The van der Waals surface area contributed by atoms with E-state index in [1.54, 1.807) is 0 Å². The Labute approximate surface area is 134 Å². The molecule has 0 spiro atoms. The zero-order valence-electron chi connectivity index (χ0n) is 11.9. The predicted octanol–water partition coefficient (Wildman–Crippen LogP) is 0.563. The lowest BCUT2D eigenvalue weighted by Gasteiger charge is -2.16. The molecule has 0 saturated carbocycles. The number of benzene rings is 1. The van der Waals surface area contributed by atoms with Crippen molar-refractivity contribution >= 4 is 34.3 Å². The average molecular weight is 349 g/mol. The van der Waals surface area contributed by atoms with Gasteiger partial charge in [-0.1, -0.05) is 0 Å². The zero-order valence-corrected chi connectivity index (χ0v) is 13.5. The van der Waals surface area contributed by atoms with Crippen LogP contribution in [0.25, 0.3) is 0 Å². The molecule has 9 heteroatoms. The molecule has 1 aliphatic heterocycles. The van der Waals surface area contributed by atoms with Gasteiger partial charge < -0.3 is 10.0 Å². The molecule has 1 amide bonds. The third kappa shape index (κ3) is 3.76. The van der Waals surface area contributed by atoms with Gasteiger partial charge in [0.25, 0.3) is 5.91 Å². The Kier molecular flexibility index (Phi) is 5.92. The maximum Gasteiger partial charge on any atom is 0.308 e. The van der Waals surface area contributed by atoms with Crippen molar-refractivity contribution in [2.45, 2.75) is 11.3 Å². The number of carbonyl (C=O) groups excluding carboxylic acids is 1. The summed E-state index contributed by atoms with van der Waals surface area (Å²) in [6.07, 6.45) is 0.438. The minimum atomic E-state index is -3.53. The van der Waals surface area contributed by atoms with Crippen LogP contribution in [0.4, 0.5) is 0 Å². The average Bonchev–Trinajstić information content (AvgIpc) is 2.96. The molecule has 1 aliphatic rings. The standard InChI is InChI=1S/C13H16N2O5S.ClH/c1-14-21(19,20)11-4-2-9(3-5-11)12(16)15-7-6-10(8-15)13(17)18;/h2-5,10,14H,6-8H2,1H3,(H,17,18);1H. The van der Waals surface area contributed by atoms with Crippen LogP contribution in [0.1, 0.15) is 16.8 Å². The second-order valence-corrected chi connectivity index (χ2v) is 6.69. The molecular weight excluding hydrogens is 332 g/mol. The minimum Gasteiger partial charge on any atom is -0.481 e. The highest BCUT2D eigenvalue weighted by Gasteiger charge is 2.31. The minimum absolute atomic E-state index is 0. The van der Waals surface area contributed by atoms with Crippen LogP contribution in [0.5, 0.6) is 0 Å². The third-order valence-corrected chi connectivity index (χ3v) is 4.94. The second kappa shape index (κ2) is 7.08. The van der Waals surface area contributed by atoms with E-state index in [1.807, 2.05) is 0 Å². The number of hydrogen-bond donors (Lipinski definition) is 2. The Bertz CT molecular complexity index is 660. The monoisotopic (exact) mass is 348 g/mol. The number of rotatable bonds is 4. The number of hydrogen-bond acceptors (Lipinski definition) is 4. The number of sulfonamides is 1. The summed E-state index contributed by atoms with van der Waals surface area (Å²) in [5, 5.41) is 8.92. The first-order valence-corrected chi connectivity index (χ1v) is 7.89. The normalized spacial score (nSPS) is 17.9. The Morgan fingerprint density at radius 2 is 1.86 bits per heavy atom. The number of halogens is 1. The van der Waals surface area contributed by atoms with Gasteiger partial charge in [-0.05, 0) is 37.7 Å². The Hall–Kier alpha value is -1.64. The molecular formula is C13H17ClN2O5S. The fourth-order valence-electron chi connectivity index (χ4n) is 2.22. The highest BCUT2D eigenvalue weighted by Crippen LogP contribution is 2.19. The van der Waals surface area contributed by atoms with Gasteiger partial charge in [-0.25, -0.2) is 13.1 Å². The van der Waals surface area contributed by atoms with Crippen LogP contribution >= 0.6 is 12.4 Å². The zero-order chi connectivity index (χ0) is 15.6. The van der Waals surface area contributed by atoms with Gasteiger partial charge in [-0.15, -0.1) is 12.4 Å². The van der Waals surface area contributed by atoms with E-state index < -0.39 is 21.9 Å². The molecule has 1 atom stereocenters. The van der Waals surface area contributed by atoms with Crippen molar-refractivity contribution in [1.29, 1.82) is 0 Å². The SMILES string of the molecule is CNS(=O)(=O)c1ccc(C(=O)N2CCC(C(=O)O)C2)cc1.Cl. The number of aliphatic carboxylic acids is 1. The fourth-order valence-corrected chi connectivity index (χ4v) is 2.95. The summed E-state index contributed by atoms with van der Waals surface area (Å²) >= 11 is 0. The van der Waals surface area contributed by atoms with Gasteiger partial charge >= 0.3 is 5.97 Å². The Morgan fingerprint density at radius 3 is 2.32 bits per heavy atom. The van der Waals surface area contributed by atoms with Gasteiger partial charge in [0, 0.05) is 18.7 Å². The summed E-state index contributed by atoms with van der Waals surface area (Å²) in [5.41, 5.74) is 0.344. The van der Waals surface area contributed by atoms with Crippen LogP contribution in [0.3, 0.4) is 0 Å². The van der Waals surface area contributed by atoms with Crippen molar-refractivity contribution in [2.75, 3.05) is 20.1 Å². The Morgan fingerprint density at radius 1 is 1.27 bits per heavy atom. The van der Waals surface area contributed by atoms with E-state index in [4.69, 9.17) is 5.11 Å². The van der Waals surface area contributed by atoms with Gasteiger partial charge in [0.2, 0.25) is 10.0 Å². The summed E-state index contributed by atoms with van der Waals surface area (Å²) in [6, 6.07) is 5.56. The molecule has 122 valence electrons. The number of nitrogens with one attached hydrogen (secondary N) is 1. The quantitative estimate of drug-likeness (QED) is 0.827. The molecule has 22 heavy (non-hydrogen) atoms. The first-order chi connectivity index (χ1) is 9.85. The summed E-state index contributed by atoms with van der Waals surface area (Å²) in [5.74, 6) is -1.72. The number of carboxylic acid groups (broad SMARTS) is 1. The van der Waals surface area contributed by atoms with E-state index in [1.165, 1.54) is 36.2 Å². The number of likely N-dealkylation sites (tertiary alicyclic amines) is 1. The molecule has 7 nitrogen and oxygen atoms in total. The van der Waals surface area contributed by atoms with E-state index in [0.717, 1.165) is 0 Å². The molecule has 2 rings (SSSR count). The maximum atomic E-state index is 12.2. The van der Waals surface area contributed by atoms with Crippen molar-refractivity contribution in [2.24, 2.45) is 5.92 Å². The second-order valence-electron chi connectivity index (χ2n) is 4.81. The smallest absolute Gasteiger partial charge is 0.308 e. The van der Waals surface area contributed by atoms with Crippen LogP contribution in [0, 0.1) is 5.92 Å². The largest absolute Gasteiger partial charge is 0.481 e. The maximum absolute atomic E-state index is 12.2. The number of carbonyl (C=O) groups is 2. The molecule has 1 aromatic carbocycles. The van der Waals surface area contributed by atoms with Crippen molar-refractivity contribution in [3.63, 3.8) is 0 Å². The topological polar surface area (TPSA) is 104 Å². The van der Waals surface area contributed by atoms with Crippen LogP contribution in [0.2, 0.25) is 0 Å². The molecule has 1 fully saturated rings. The van der Waals surface area contributed by atoms with E-state index >= 15 is 0 Å². The van der Waals surface area contributed by atoms with E-state index in [-0.39, 0.29) is 29.8 Å². The molecule has 1 saturated heterocycles. The molecule has 2 N–H and O–H groups in total.